The highest BCUT2D eigenvalue weighted by atomic mass is 16.5. The van der Waals surface area contributed by atoms with Gasteiger partial charge in [0.25, 0.3) is 0 Å². The van der Waals surface area contributed by atoms with Crippen LogP contribution in [0.4, 0.5) is 0 Å². The molecule has 4 nitrogen and oxygen atoms in total. The van der Waals surface area contributed by atoms with Crippen LogP contribution in [0.1, 0.15) is 23.7 Å². The molecule has 0 spiro atoms. The molecule has 0 saturated carbocycles. The first-order chi connectivity index (χ1) is 9.25. The average Bonchev–Trinajstić information content (AvgIpc) is 2.85. The smallest absolute Gasteiger partial charge is 0.142 e. The van der Waals surface area contributed by atoms with Crippen LogP contribution in [0.15, 0.2) is 24.3 Å². The summed E-state index contributed by atoms with van der Waals surface area (Å²) in [4.78, 5) is 12.3. The zero-order valence-corrected chi connectivity index (χ0v) is 10.9. The van der Waals surface area contributed by atoms with E-state index in [1.807, 2.05) is 12.1 Å². The maximum absolute atomic E-state index is 12.3. The molecule has 0 amide bonds. The third kappa shape index (κ3) is 2.56. The van der Waals surface area contributed by atoms with Gasteiger partial charge in [0.05, 0.1) is 31.8 Å². The molecule has 2 aliphatic rings. The van der Waals surface area contributed by atoms with E-state index in [2.05, 4.69) is 12.1 Å². The highest BCUT2D eigenvalue weighted by molar-refractivity contribution is 5.82. The molecule has 2 N–H and O–H groups in total. The number of fused-ring (bicyclic) bond motifs is 1. The van der Waals surface area contributed by atoms with E-state index >= 15 is 0 Å². The summed E-state index contributed by atoms with van der Waals surface area (Å²) in [5, 5.41) is 0. The molecule has 1 aromatic carbocycles. The molecule has 102 valence electrons. The van der Waals surface area contributed by atoms with Crippen LogP contribution in [0.5, 0.6) is 0 Å². The van der Waals surface area contributed by atoms with Crippen LogP contribution in [0.3, 0.4) is 0 Å². The molecule has 3 rings (SSSR count). The highest BCUT2D eigenvalue weighted by Crippen LogP contribution is 2.31. The van der Waals surface area contributed by atoms with Gasteiger partial charge in [-0.2, -0.15) is 0 Å². The Bertz CT molecular complexity index is 474. The predicted octanol–water partition coefficient (Wildman–Crippen LogP) is 1.23. The fourth-order valence-electron chi connectivity index (χ4n) is 2.88. The number of nitrogens with two attached hydrogens (primary N) is 1. The van der Waals surface area contributed by atoms with Gasteiger partial charge >= 0.3 is 0 Å². The van der Waals surface area contributed by atoms with Crippen molar-refractivity contribution in [2.45, 2.75) is 25.0 Å². The zero-order valence-electron chi connectivity index (χ0n) is 10.9. The molecule has 4 heteroatoms. The molecular formula is C15H19NO3. The van der Waals surface area contributed by atoms with Crippen molar-refractivity contribution in [3.8, 4) is 0 Å². The van der Waals surface area contributed by atoms with Crippen LogP contribution in [-0.4, -0.2) is 31.6 Å². The number of hydrogen-bond acceptors (Lipinski definition) is 4. The van der Waals surface area contributed by atoms with Crippen molar-refractivity contribution in [1.82, 2.24) is 0 Å². The third-order valence-corrected chi connectivity index (χ3v) is 4.02. The second kappa shape index (κ2) is 5.41. The van der Waals surface area contributed by atoms with E-state index in [0.717, 1.165) is 12.0 Å². The quantitative estimate of drug-likeness (QED) is 0.889. The number of rotatable bonds is 3. The molecule has 0 radical (unpaired) electrons. The van der Waals surface area contributed by atoms with Gasteiger partial charge < -0.3 is 15.2 Å². The Hall–Kier alpha value is -1.23. The number of ether oxygens (including phenoxy) is 2. The van der Waals surface area contributed by atoms with E-state index in [-0.39, 0.29) is 23.8 Å². The van der Waals surface area contributed by atoms with E-state index < -0.39 is 0 Å². The van der Waals surface area contributed by atoms with Gasteiger partial charge in [0.15, 0.2) is 0 Å². The summed E-state index contributed by atoms with van der Waals surface area (Å²) < 4.78 is 11.0. The Morgan fingerprint density at radius 2 is 2.16 bits per heavy atom. The van der Waals surface area contributed by atoms with Crippen molar-refractivity contribution < 1.29 is 14.3 Å². The van der Waals surface area contributed by atoms with Gasteiger partial charge in [0.2, 0.25) is 0 Å². The van der Waals surface area contributed by atoms with Crippen LogP contribution < -0.4 is 5.73 Å². The first kappa shape index (κ1) is 12.8. The predicted molar refractivity (Wildman–Crippen MR) is 70.7 cm³/mol. The summed E-state index contributed by atoms with van der Waals surface area (Å²) in [6, 6.07) is 8.03. The van der Waals surface area contributed by atoms with Crippen LogP contribution in [0.25, 0.3) is 0 Å². The Kier molecular flexibility index (Phi) is 3.64. The van der Waals surface area contributed by atoms with Crippen molar-refractivity contribution in [1.29, 1.82) is 0 Å². The molecule has 1 aromatic rings. The molecule has 2 heterocycles. The second-order valence-corrected chi connectivity index (χ2v) is 5.29. The van der Waals surface area contributed by atoms with E-state index in [1.165, 1.54) is 5.56 Å². The number of ketones is 1. The first-order valence-electron chi connectivity index (χ1n) is 6.81. The van der Waals surface area contributed by atoms with E-state index in [9.17, 15) is 4.79 Å². The lowest BCUT2D eigenvalue weighted by atomic mass is 9.90. The maximum atomic E-state index is 12.3. The lowest BCUT2D eigenvalue weighted by molar-refractivity contribution is -0.126. The maximum Gasteiger partial charge on any atom is 0.142 e. The van der Waals surface area contributed by atoms with E-state index in [0.29, 0.717) is 26.2 Å². The number of hydrogen-bond donors (Lipinski definition) is 1. The fraction of sp³-hybridized carbons (Fsp3) is 0.533. The van der Waals surface area contributed by atoms with Crippen LogP contribution in [-0.2, 0) is 20.7 Å². The lowest BCUT2D eigenvalue weighted by Crippen LogP contribution is -2.35. The van der Waals surface area contributed by atoms with Crippen molar-refractivity contribution in [2.24, 2.45) is 11.7 Å². The topological polar surface area (TPSA) is 61.5 Å². The van der Waals surface area contributed by atoms with Gasteiger partial charge in [-0.3, -0.25) is 4.79 Å². The molecule has 2 aliphatic heterocycles. The molecule has 3 unspecified atom stereocenters. The van der Waals surface area contributed by atoms with Gasteiger partial charge in [-0.1, -0.05) is 24.3 Å². The molecule has 19 heavy (non-hydrogen) atoms. The summed E-state index contributed by atoms with van der Waals surface area (Å²) >= 11 is 0. The van der Waals surface area contributed by atoms with Crippen LogP contribution in [0, 0.1) is 5.92 Å². The molecule has 1 saturated heterocycles. The van der Waals surface area contributed by atoms with Crippen molar-refractivity contribution in [3.63, 3.8) is 0 Å². The zero-order chi connectivity index (χ0) is 13.2. The molecule has 3 atom stereocenters. The number of carbonyl (C=O) groups is 1. The largest absolute Gasteiger partial charge is 0.379 e. The monoisotopic (exact) mass is 261 g/mol. The SMILES string of the molecule is NC1COCC1C(=O)CC1OCCc2ccccc21. The standard InChI is InChI=1S/C15H19NO3/c16-13-9-18-8-12(13)14(17)7-15-11-4-2-1-3-10(11)5-6-19-15/h1-4,12-13,15H,5-9,16H2. The van der Waals surface area contributed by atoms with Crippen molar-refractivity contribution >= 4 is 5.78 Å². The molecular weight excluding hydrogens is 242 g/mol. The molecule has 0 aliphatic carbocycles. The number of benzene rings is 1. The Morgan fingerprint density at radius 3 is 2.95 bits per heavy atom. The van der Waals surface area contributed by atoms with Crippen molar-refractivity contribution in [2.75, 3.05) is 19.8 Å². The minimum absolute atomic E-state index is 0.120. The number of Topliss-reactive ketones (excluding diaryl/α,β-unsaturated/α-hetero) is 1. The van der Waals surface area contributed by atoms with Gasteiger partial charge in [0.1, 0.15) is 5.78 Å². The lowest BCUT2D eigenvalue weighted by Gasteiger charge is -2.26. The molecule has 0 bridgehead atoms. The average molecular weight is 261 g/mol. The highest BCUT2D eigenvalue weighted by Gasteiger charge is 2.33. The summed E-state index contributed by atoms with van der Waals surface area (Å²) in [6.45, 7) is 1.62. The summed E-state index contributed by atoms with van der Waals surface area (Å²) in [5.74, 6) is -0.00982. The normalized spacial score (nSPS) is 30.1. The van der Waals surface area contributed by atoms with Gasteiger partial charge in [-0.25, -0.2) is 0 Å². The second-order valence-electron chi connectivity index (χ2n) is 5.29. The fourth-order valence-corrected chi connectivity index (χ4v) is 2.88. The third-order valence-electron chi connectivity index (χ3n) is 4.02. The first-order valence-corrected chi connectivity index (χ1v) is 6.81. The van der Waals surface area contributed by atoms with Crippen molar-refractivity contribution in [3.05, 3.63) is 35.4 Å². The Labute approximate surface area is 112 Å². The Balaban J connectivity index is 1.72. The van der Waals surface area contributed by atoms with Gasteiger partial charge in [-0.05, 0) is 17.5 Å². The minimum atomic E-state index is -0.169. The van der Waals surface area contributed by atoms with Gasteiger partial charge in [0, 0.05) is 12.5 Å². The summed E-state index contributed by atoms with van der Waals surface area (Å²) in [6.07, 6.45) is 1.20. The van der Waals surface area contributed by atoms with Gasteiger partial charge in [-0.15, -0.1) is 0 Å². The van der Waals surface area contributed by atoms with E-state index in [1.54, 1.807) is 0 Å². The van der Waals surface area contributed by atoms with Crippen LogP contribution in [0.2, 0.25) is 0 Å². The minimum Gasteiger partial charge on any atom is -0.379 e. The number of carbonyl (C=O) groups excluding carboxylic acids is 1. The summed E-state index contributed by atoms with van der Waals surface area (Å²) in [7, 11) is 0. The Morgan fingerprint density at radius 1 is 1.32 bits per heavy atom. The summed E-state index contributed by atoms with van der Waals surface area (Å²) in [5.41, 5.74) is 8.33. The van der Waals surface area contributed by atoms with E-state index in [4.69, 9.17) is 15.2 Å². The molecule has 0 aromatic heterocycles. The molecule has 1 fully saturated rings. The van der Waals surface area contributed by atoms with Crippen LogP contribution >= 0.6 is 0 Å².